The van der Waals surface area contributed by atoms with Crippen LogP contribution in [-0.2, 0) is 14.3 Å². The van der Waals surface area contributed by atoms with Crippen LogP contribution in [0.5, 0.6) is 0 Å². The molecule has 0 aromatic carbocycles. The highest BCUT2D eigenvalue weighted by atomic mass is 16.6. The van der Waals surface area contributed by atoms with E-state index in [4.69, 9.17) is 13.9 Å². The van der Waals surface area contributed by atoms with Crippen LogP contribution in [0.15, 0.2) is 34.9 Å². The van der Waals surface area contributed by atoms with Gasteiger partial charge in [-0.15, -0.1) is 0 Å². The molecule has 8 nitrogen and oxygen atoms in total. The van der Waals surface area contributed by atoms with Gasteiger partial charge in [0.05, 0.1) is 12.7 Å². The predicted molar refractivity (Wildman–Crippen MR) is 103 cm³/mol. The summed E-state index contributed by atoms with van der Waals surface area (Å²) in [4.78, 5) is 28.5. The fraction of sp³-hybridized carbons (Fsp3) is 0.350. The molecule has 0 atom stereocenters. The van der Waals surface area contributed by atoms with Gasteiger partial charge in [-0.1, -0.05) is 0 Å². The molecule has 0 radical (unpaired) electrons. The number of aromatic nitrogens is 2. The van der Waals surface area contributed by atoms with Crippen molar-refractivity contribution in [2.24, 2.45) is 0 Å². The van der Waals surface area contributed by atoms with Crippen molar-refractivity contribution in [3.8, 4) is 11.5 Å². The van der Waals surface area contributed by atoms with Gasteiger partial charge >= 0.3 is 11.9 Å². The normalized spacial score (nSPS) is 11.5. The summed E-state index contributed by atoms with van der Waals surface area (Å²) in [6.07, 6.45) is 1.69. The average Bonchev–Trinajstić information content (AvgIpc) is 3.20. The number of nitrogens with one attached hydrogen (secondary N) is 1. The summed E-state index contributed by atoms with van der Waals surface area (Å²) in [7, 11) is 1.32. The van der Waals surface area contributed by atoms with Gasteiger partial charge in [-0.2, -0.15) is 0 Å². The van der Waals surface area contributed by atoms with E-state index in [2.05, 4.69) is 10.3 Å². The largest absolute Gasteiger partial charge is 0.465 e. The first-order chi connectivity index (χ1) is 13.2. The van der Waals surface area contributed by atoms with E-state index in [1.807, 2.05) is 33.8 Å². The number of carbonyl (C=O) groups is 2. The summed E-state index contributed by atoms with van der Waals surface area (Å²) < 4.78 is 17.6. The van der Waals surface area contributed by atoms with Crippen molar-refractivity contribution in [2.45, 2.75) is 33.3 Å². The Hall–Kier alpha value is -3.29. The van der Waals surface area contributed by atoms with Gasteiger partial charge in [0, 0.05) is 6.20 Å². The molecule has 0 aliphatic rings. The third-order valence-corrected chi connectivity index (χ3v) is 3.84. The van der Waals surface area contributed by atoms with Crippen LogP contribution in [0.25, 0.3) is 17.1 Å². The molecular weight excluding hydrogens is 362 g/mol. The minimum absolute atomic E-state index is 0.0451. The summed E-state index contributed by atoms with van der Waals surface area (Å²) in [5.41, 5.74) is 0.840. The minimum atomic E-state index is -0.575. The Bertz CT molecular complexity index is 1030. The van der Waals surface area contributed by atoms with Crippen molar-refractivity contribution >= 4 is 23.4 Å². The quantitative estimate of drug-likeness (QED) is 0.672. The Labute approximate surface area is 162 Å². The lowest BCUT2D eigenvalue weighted by Crippen LogP contribution is -2.28. The molecule has 0 bridgehead atoms. The third kappa shape index (κ3) is 4.16. The van der Waals surface area contributed by atoms with Crippen LogP contribution in [0.1, 0.15) is 36.9 Å². The zero-order chi connectivity index (χ0) is 20.5. The lowest BCUT2D eigenvalue weighted by molar-refractivity contribution is -0.152. The molecule has 0 spiro atoms. The number of aryl methyl sites for hydroxylation is 1. The monoisotopic (exact) mass is 385 g/mol. The highest BCUT2D eigenvalue weighted by Crippen LogP contribution is 2.30. The predicted octanol–water partition coefficient (Wildman–Crippen LogP) is 3.44. The van der Waals surface area contributed by atoms with Gasteiger partial charge in [0.25, 0.3) is 0 Å². The van der Waals surface area contributed by atoms with Crippen LogP contribution in [0.2, 0.25) is 0 Å². The Morgan fingerprint density at radius 2 is 2.00 bits per heavy atom. The topological polar surface area (TPSA) is 95.1 Å². The highest BCUT2D eigenvalue weighted by Gasteiger charge is 2.21. The Morgan fingerprint density at radius 3 is 2.61 bits per heavy atom. The van der Waals surface area contributed by atoms with E-state index in [0.717, 1.165) is 5.76 Å². The Kier molecular flexibility index (Phi) is 5.13. The second-order valence-electron chi connectivity index (χ2n) is 7.29. The highest BCUT2D eigenvalue weighted by molar-refractivity contribution is 5.91. The molecule has 3 heterocycles. The zero-order valence-corrected chi connectivity index (χ0v) is 16.5. The van der Waals surface area contributed by atoms with E-state index in [1.54, 1.807) is 28.8 Å². The van der Waals surface area contributed by atoms with Gasteiger partial charge in [-0.3, -0.25) is 9.20 Å². The molecule has 0 saturated carbocycles. The number of fused-ring (bicyclic) bond motifs is 1. The molecule has 0 amide bonds. The summed E-state index contributed by atoms with van der Waals surface area (Å²) in [5.74, 6) is 0.999. The summed E-state index contributed by atoms with van der Waals surface area (Å²) in [6.45, 7) is 7.22. The van der Waals surface area contributed by atoms with Crippen LogP contribution in [0.4, 0.5) is 5.82 Å². The molecule has 8 heteroatoms. The first kappa shape index (κ1) is 19.5. The number of furan rings is 1. The second kappa shape index (κ2) is 7.38. The zero-order valence-electron chi connectivity index (χ0n) is 16.5. The van der Waals surface area contributed by atoms with Gasteiger partial charge in [0.2, 0.25) is 0 Å². The smallest absolute Gasteiger partial charge is 0.338 e. The number of pyridine rings is 1. The van der Waals surface area contributed by atoms with Crippen LogP contribution in [0, 0.1) is 6.92 Å². The molecule has 0 saturated heterocycles. The second-order valence-corrected chi connectivity index (χ2v) is 7.29. The van der Waals surface area contributed by atoms with Crippen LogP contribution in [0.3, 0.4) is 0 Å². The molecule has 0 aliphatic heterocycles. The van der Waals surface area contributed by atoms with Gasteiger partial charge in [-0.25, -0.2) is 9.78 Å². The molecule has 3 aromatic heterocycles. The van der Waals surface area contributed by atoms with E-state index in [-0.39, 0.29) is 6.54 Å². The van der Waals surface area contributed by atoms with Crippen molar-refractivity contribution < 1.29 is 23.5 Å². The minimum Gasteiger partial charge on any atom is -0.465 e. The number of hydrogen-bond acceptors (Lipinski definition) is 7. The van der Waals surface area contributed by atoms with Crippen molar-refractivity contribution in [2.75, 3.05) is 19.0 Å². The fourth-order valence-electron chi connectivity index (χ4n) is 2.73. The van der Waals surface area contributed by atoms with E-state index >= 15 is 0 Å². The number of hydrogen-bond donors (Lipinski definition) is 1. The van der Waals surface area contributed by atoms with E-state index in [9.17, 15) is 9.59 Å². The van der Waals surface area contributed by atoms with Crippen molar-refractivity contribution in [1.29, 1.82) is 0 Å². The van der Waals surface area contributed by atoms with Crippen molar-refractivity contribution in [1.82, 2.24) is 9.38 Å². The summed E-state index contributed by atoms with van der Waals surface area (Å²) in [6, 6.07) is 6.87. The van der Waals surface area contributed by atoms with Crippen LogP contribution in [-0.4, -0.2) is 40.6 Å². The van der Waals surface area contributed by atoms with E-state index < -0.39 is 17.5 Å². The van der Waals surface area contributed by atoms with Gasteiger partial charge < -0.3 is 19.2 Å². The number of imidazole rings is 1. The summed E-state index contributed by atoms with van der Waals surface area (Å²) >= 11 is 0. The van der Waals surface area contributed by atoms with E-state index in [1.165, 1.54) is 7.11 Å². The fourth-order valence-corrected chi connectivity index (χ4v) is 2.73. The van der Waals surface area contributed by atoms with Gasteiger partial charge in [0.15, 0.2) is 5.76 Å². The maximum absolute atomic E-state index is 12.1. The Balaban J connectivity index is 2.00. The standard InChI is InChI=1S/C20H23N3O5/c1-12-6-7-14(27-12)17-18(21-11-16(24)28-20(2,3)4)23-9-8-13(19(25)26-5)10-15(23)22-17/h6-10,21H,11H2,1-5H3. The third-order valence-electron chi connectivity index (χ3n) is 3.84. The molecule has 28 heavy (non-hydrogen) atoms. The van der Waals surface area contributed by atoms with Crippen molar-refractivity contribution in [3.05, 3.63) is 41.8 Å². The first-order valence-corrected chi connectivity index (χ1v) is 8.81. The van der Waals surface area contributed by atoms with Crippen molar-refractivity contribution in [3.63, 3.8) is 0 Å². The molecule has 1 N–H and O–H groups in total. The van der Waals surface area contributed by atoms with Crippen LogP contribution >= 0.6 is 0 Å². The number of rotatable bonds is 5. The number of esters is 2. The first-order valence-electron chi connectivity index (χ1n) is 8.81. The molecule has 0 unspecified atom stereocenters. The van der Waals surface area contributed by atoms with Gasteiger partial charge in [-0.05, 0) is 52.0 Å². The molecule has 3 aromatic rings. The Morgan fingerprint density at radius 1 is 1.25 bits per heavy atom. The maximum atomic E-state index is 12.1. The molecule has 148 valence electrons. The van der Waals surface area contributed by atoms with Gasteiger partial charge in [0.1, 0.15) is 35.1 Å². The lowest BCUT2D eigenvalue weighted by atomic mass is 10.2. The van der Waals surface area contributed by atoms with E-state index in [0.29, 0.717) is 28.5 Å². The van der Waals surface area contributed by atoms with Crippen LogP contribution < -0.4 is 5.32 Å². The average molecular weight is 385 g/mol. The molecular formula is C20H23N3O5. The molecule has 3 rings (SSSR count). The molecule has 0 aliphatic carbocycles. The number of methoxy groups -OCH3 is 1. The maximum Gasteiger partial charge on any atom is 0.338 e. The number of ether oxygens (including phenoxy) is 2. The summed E-state index contributed by atoms with van der Waals surface area (Å²) in [5, 5.41) is 3.08. The number of anilines is 1. The SMILES string of the molecule is COC(=O)c1ccn2c(NCC(=O)OC(C)(C)C)c(-c3ccc(C)o3)nc2c1. The lowest BCUT2D eigenvalue weighted by Gasteiger charge is -2.19. The number of nitrogens with zero attached hydrogens (tertiary/aromatic N) is 2. The number of carbonyl (C=O) groups excluding carboxylic acids is 2. The molecule has 0 fully saturated rings.